The molecule has 3 heterocycles. The zero-order valence-electron chi connectivity index (χ0n) is 11.3. The van der Waals surface area contributed by atoms with Gasteiger partial charge in [-0.1, -0.05) is 6.32 Å². The molecule has 2 aliphatic heterocycles. The Labute approximate surface area is 114 Å². The highest BCUT2D eigenvalue weighted by Crippen LogP contribution is 2.21. The smallest absolute Gasteiger partial charge is 0.272 e. The Hall–Kier alpha value is -1.61. The van der Waals surface area contributed by atoms with E-state index in [0.29, 0.717) is 6.04 Å². The third kappa shape index (κ3) is 2.56. The fourth-order valence-electron chi connectivity index (χ4n) is 2.87. The van der Waals surface area contributed by atoms with Crippen molar-refractivity contribution in [2.75, 3.05) is 24.5 Å². The summed E-state index contributed by atoms with van der Waals surface area (Å²) < 4.78 is 0. The van der Waals surface area contributed by atoms with Gasteiger partial charge < -0.3 is 10.2 Å². The second kappa shape index (κ2) is 5.18. The van der Waals surface area contributed by atoms with E-state index in [1.54, 1.807) is 0 Å². The maximum atomic E-state index is 9.00. The molecular weight excluding hydrogens is 237 g/mol. The van der Waals surface area contributed by atoms with Gasteiger partial charge in [0, 0.05) is 43.5 Å². The second-order valence-corrected chi connectivity index (χ2v) is 5.51. The molecule has 6 heteroatoms. The number of aromatic nitrogens is 2. The first-order valence-corrected chi connectivity index (χ1v) is 6.99. The number of nitriles is 1. The number of nitrogens with zero attached hydrogens (tertiary/aromatic N) is 4. The van der Waals surface area contributed by atoms with Crippen molar-refractivity contribution in [2.45, 2.75) is 32.0 Å². The second-order valence-electron chi connectivity index (χ2n) is 5.51. The van der Waals surface area contributed by atoms with E-state index in [1.165, 1.54) is 0 Å². The minimum Gasteiger partial charge on any atom is -0.338 e. The zero-order valence-corrected chi connectivity index (χ0v) is 11.3. The molecule has 1 saturated heterocycles. The van der Waals surface area contributed by atoms with Crippen LogP contribution in [0.2, 0.25) is 6.32 Å². The number of nitrogens with one attached hydrogen (secondary N) is 1. The number of aryl methyl sites for hydroxylation is 1. The summed E-state index contributed by atoms with van der Waals surface area (Å²) in [5, 5.41) is 12.4. The van der Waals surface area contributed by atoms with Crippen LogP contribution in [0.15, 0.2) is 6.20 Å². The van der Waals surface area contributed by atoms with Crippen LogP contribution < -0.4 is 10.2 Å². The Kier molecular flexibility index (Phi) is 3.39. The van der Waals surface area contributed by atoms with Crippen LogP contribution in [-0.4, -0.2) is 42.4 Å². The SMILES string of the molecule is CC1CN(c2ncc3c(n2)CCB(C#N)C3)CCN1. The zero-order chi connectivity index (χ0) is 13.2. The largest absolute Gasteiger partial charge is 0.338 e. The van der Waals surface area contributed by atoms with E-state index in [2.05, 4.69) is 28.1 Å². The van der Waals surface area contributed by atoms with E-state index < -0.39 is 0 Å². The Bertz CT molecular complexity index is 512. The fraction of sp³-hybridized carbons (Fsp3) is 0.615. The van der Waals surface area contributed by atoms with Crippen LogP contribution in [0, 0.1) is 11.2 Å². The molecule has 1 fully saturated rings. The highest BCUT2D eigenvalue weighted by atomic mass is 15.3. The lowest BCUT2D eigenvalue weighted by atomic mass is 9.43. The molecule has 1 unspecified atom stereocenters. The van der Waals surface area contributed by atoms with Crippen LogP contribution in [0.4, 0.5) is 5.95 Å². The first-order chi connectivity index (χ1) is 9.26. The number of anilines is 1. The van der Waals surface area contributed by atoms with Gasteiger partial charge in [-0.2, -0.15) is 0 Å². The predicted octanol–water partition coefficient (Wildman–Crippen LogP) is 0.470. The van der Waals surface area contributed by atoms with Crippen LogP contribution in [0.1, 0.15) is 18.2 Å². The molecule has 3 rings (SSSR count). The van der Waals surface area contributed by atoms with Gasteiger partial charge in [0.25, 0.3) is 6.71 Å². The summed E-state index contributed by atoms with van der Waals surface area (Å²) in [6.45, 7) is 5.23. The van der Waals surface area contributed by atoms with E-state index in [0.717, 1.165) is 55.9 Å². The first kappa shape index (κ1) is 12.4. The molecule has 0 aliphatic carbocycles. The van der Waals surface area contributed by atoms with Crippen molar-refractivity contribution in [3.05, 3.63) is 17.5 Å². The lowest BCUT2D eigenvalue weighted by Gasteiger charge is -2.32. The molecule has 1 atom stereocenters. The van der Waals surface area contributed by atoms with Crippen LogP contribution >= 0.6 is 0 Å². The number of fused-ring (bicyclic) bond motifs is 1. The summed E-state index contributed by atoms with van der Waals surface area (Å²) in [7, 11) is 0. The van der Waals surface area contributed by atoms with Crippen molar-refractivity contribution in [2.24, 2.45) is 0 Å². The summed E-state index contributed by atoms with van der Waals surface area (Å²) in [4.78, 5) is 11.5. The molecule has 1 aromatic rings. The quantitative estimate of drug-likeness (QED) is 0.739. The molecule has 1 N–H and O–H groups in total. The minimum atomic E-state index is 0.140. The number of rotatable bonds is 1. The molecule has 0 spiro atoms. The van der Waals surface area contributed by atoms with Gasteiger partial charge in [0.2, 0.25) is 5.95 Å². The number of hydrogen-bond acceptors (Lipinski definition) is 5. The predicted molar refractivity (Wildman–Crippen MR) is 75.3 cm³/mol. The topological polar surface area (TPSA) is 64.8 Å². The average molecular weight is 255 g/mol. The average Bonchev–Trinajstić information content (AvgIpc) is 2.46. The molecular formula is C13H18BN5. The Morgan fingerprint density at radius 1 is 1.58 bits per heavy atom. The van der Waals surface area contributed by atoms with Gasteiger partial charge >= 0.3 is 0 Å². The van der Waals surface area contributed by atoms with Crippen LogP contribution in [0.5, 0.6) is 0 Å². The molecule has 98 valence electrons. The van der Waals surface area contributed by atoms with E-state index in [1.807, 2.05) is 6.20 Å². The van der Waals surface area contributed by atoms with Gasteiger partial charge in [-0.3, -0.25) is 0 Å². The molecule has 1 aromatic heterocycles. The standard InChI is InChI=1S/C13H18BN5/c1-10-8-19(5-4-16-10)13-17-7-11-6-14(9-15)3-2-12(11)18-13/h7,10,16H,2-6,8H2,1H3. The van der Waals surface area contributed by atoms with Crippen molar-refractivity contribution in [1.29, 1.82) is 5.26 Å². The summed E-state index contributed by atoms with van der Waals surface area (Å²) in [5.74, 6) is 3.20. The van der Waals surface area contributed by atoms with Gasteiger partial charge in [0.15, 0.2) is 0 Å². The molecule has 0 radical (unpaired) electrons. The summed E-state index contributed by atoms with van der Waals surface area (Å²) in [6, 6.07) is 0.483. The highest BCUT2D eigenvalue weighted by molar-refractivity contribution is 6.66. The van der Waals surface area contributed by atoms with Gasteiger partial charge in [0.1, 0.15) is 0 Å². The number of hydrogen-bond donors (Lipinski definition) is 1. The Morgan fingerprint density at radius 3 is 3.26 bits per heavy atom. The maximum absolute atomic E-state index is 9.00. The molecule has 0 amide bonds. The van der Waals surface area contributed by atoms with Crippen molar-refractivity contribution in [3.8, 4) is 5.97 Å². The molecule has 0 aromatic carbocycles. The van der Waals surface area contributed by atoms with Gasteiger partial charge in [-0.05, 0) is 25.2 Å². The third-order valence-electron chi connectivity index (χ3n) is 3.97. The molecule has 0 saturated carbocycles. The molecule has 0 bridgehead atoms. The van der Waals surface area contributed by atoms with E-state index in [9.17, 15) is 0 Å². The normalized spacial score (nSPS) is 22.8. The van der Waals surface area contributed by atoms with Gasteiger partial charge in [-0.15, -0.1) is 0 Å². The number of piperazine rings is 1. The summed E-state index contributed by atoms with van der Waals surface area (Å²) in [5.41, 5.74) is 2.30. The van der Waals surface area contributed by atoms with Gasteiger partial charge in [0.05, 0.1) is 0 Å². The van der Waals surface area contributed by atoms with Crippen LogP contribution in [0.3, 0.4) is 0 Å². The third-order valence-corrected chi connectivity index (χ3v) is 3.97. The first-order valence-electron chi connectivity index (χ1n) is 6.99. The summed E-state index contributed by atoms with van der Waals surface area (Å²) >= 11 is 0. The fourth-order valence-corrected chi connectivity index (χ4v) is 2.87. The molecule has 2 aliphatic rings. The maximum Gasteiger partial charge on any atom is 0.272 e. The van der Waals surface area contributed by atoms with Crippen LogP contribution in [-0.2, 0) is 12.7 Å². The Balaban J connectivity index is 1.80. The van der Waals surface area contributed by atoms with Crippen molar-refractivity contribution in [3.63, 3.8) is 0 Å². The highest BCUT2D eigenvalue weighted by Gasteiger charge is 2.25. The van der Waals surface area contributed by atoms with E-state index in [-0.39, 0.29) is 6.71 Å². The Morgan fingerprint density at radius 2 is 2.47 bits per heavy atom. The molecule has 5 nitrogen and oxygen atoms in total. The monoisotopic (exact) mass is 255 g/mol. The lowest BCUT2D eigenvalue weighted by molar-refractivity contribution is 0.479. The van der Waals surface area contributed by atoms with Gasteiger partial charge in [-0.25, -0.2) is 15.2 Å². The minimum absolute atomic E-state index is 0.140. The van der Waals surface area contributed by atoms with Crippen LogP contribution in [0.25, 0.3) is 0 Å². The lowest BCUT2D eigenvalue weighted by Crippen LogP contribution is -2.50. The summed E-state index contributed by atoms with van der Waals surface area (Å²) in [6.07, 6.45) is 4.57. The van der Waals surface area contributed by atoms with Crippen molar-refractivity contribution >= 4 is 12.7 Å². The van der Waals surface area contributed by atoms with E-state index in [4.69, 9.17) is 10.2 Å². The van der Waals surface area contributed by atoms with E-state index >= 15 is 0 Å². The van der Waals surface area contributed by atoms with Crippen molar-refractivity contribution in [1.82, 2.24) is 15.3 Å². The van der Waals surface area contributed by atoms with Crippen molar-refractivity contribution < 1.29 is 0 Å². The molecule has 19 heavy (non-hydrogen) atoms.